The normalized spacial score (nSPS) is 10.8. The minimum atomic E-state index is 0.711. The van der Waals surface area contributed by atoms with Gasteiger partial charge in [-0.2, -0.15) is 0 Å². The summed E-state index contributed by atoms with van der Waals surface area (Å²) in [5.74, 6) is 1.60. The number of benzene rings is 2. The highest BCUT2D eigenvalue weighted by atomic mass is 16.5. The van der Waals surface area contributed by atoms with Crippen LogP contribution in [0.5, 0.6) is 11.5 Å². The van der Waals surface area contributed by atoms with Gasteiger partial charge in [-0.15, -0.1) is 0 Å². The van der Waals surface area contributed by atoms with E-state index in [-0.39, 0.29) is 0 Å². The van der Waals surface area contributed by atoms with Crippen molar-refractivity contribution in [3.05, 3.63) is 59.7 Å². The number of para-hydroxylation sites is 1. The summed E-state index contributed by atoms with van der Waals surface area (Å²) >= 11 is 0. The summed E-state index contributed by atoms with van der Waals surface area (Å²) < 4.78 is 11.3. The van der Waals surface area contributed by atoms with Crippen molar-refractivity contribution in [1.82, 2.24) is 0 Å². The fourth-order valence-corrected chi connectivity index (χ4v) is 2.05. The lowest BCUT2D eigenvalue weighted by Gasteiger charge is -2.13. The summed E-state index contributed by atoms with van der Waals surface area (Å²) in [6.07, 6.45) is 6.31. The average Bonchev–Trinajstić information content (AvgIpc) is 2.54. The van der Waals surface area contributed by atoms with Crippen LogP contribution < -0.4 is 9.47 Å². The lowest BCUT2D eigenvalue weighted by molar-refractivity contribution is 0.287. The summed E-state index contributed by atoms with van der Waals surface area (Å²) in [6.45, 7) is 2.87. The van der Waals surface area contributed by atoms with Gasteiger partial charge in [0.15, 0.2) is 11.5 Å². The molecule has 0 aromatic heterocycles. The molecule has 21 heavy (non-hydrogen) atoms. The summed E-state index contributed by atoms with van der Waals surface area (Å²) in [7, 11) is 1.67. The average molecular weight is 282 g/mol. The second kappa shape index (κ2) is 8.15. The minimum absolute atomic E-state index is 0.711. The van der Waals surface area contributed by atoms with Crippen molar-refractivity contribution < 1.29 is 9.47 Å². The molecule has 0 unspecified atom stereocenters. The molecule has 0 aliphatic carbocycles. The zero-order valence-electron chi connectivity index (χ0n) is 12.7. The fraction of sp³-hybridized carbons (Fsp3) is 0.263. The van der Waals surface area contributed by atoms with E-state index in [0.29, 0.717) is 6.61 Å². The summed E-state index contributed by atoms with van der Waals surface area (Å²) in [5.41, 5.74) is 2.20. The van der Waals surface area contributed by atoms with E-state index in [9.17, 15) is 0 Å². The van der Waals surface area contributed by atoms with Crippen LogP contribution in [0.3, 0.4) is 0 Å². The summed E-state index contributed by atoms with van der Waals surface area (Å²) in [5, 5.41) is 0. The zero-order valence-corrected chi connectivity index (χ0v) is 12.7. The first-order chi connectivity index (χ1) is 10.3. The second-order valence-electron chi connectivity index (χ2n) is 4.82. The van der Waals surface area contributed by atoms with E-state index < -0.39 is 0 Å². The van der Waals surface area contributed by atoms with Crippen LogP contribution in [0.2, 0.25) is 0 Å². The molecule has 2 rings (SSSR count). The third-order valence-electron chi connectivity index (χ3n) is 3.23. The molecule has 0 fully saturated rings. The Morgan fingerprint density at radius 2 is 1.76 bits per heavy atom. The SMILES string of the molecule is CCCCOc1c(/C=C/c2ccccc2)cccc1OC. The van der Waals surface area contributed by atoms with Crippen molar-refractivity contribution in [2.45, 2.75) is 19.8 Å². The highest BCUT2D eigenvalue weighted by molar-refractivity contribution is 5.74. The van der Waals surface area contributed by atoms with Gasteiger partial charge in [-0.1, -0.05) is 68.0 Å². The van der Waals surface area contributed by atoms with Gasteiger partial charge in [0.05, 0.1) is 13.7 Å². The van der Waals surface area contributed by atoms with E-state index in [1.54, 1.807) is 7.11 Å². The van der Waals surface area contributed by atoms with Gasteiger partial charge < -0.3 is 9.47 Å². The van der Waals surface area contributed by atoms with E-state index in [1.807, 2.05) is 36.4 Å². The van der Waals surface area contributed by atoms with Crippen LogP contribution in [0.15, 0.2) is 48.5 Å². The van der Waals surface area contributed by atoms with Crippen LogP contribution in [0, 0.1) is 0 Å². The van der Waals surface area contributed by atoms with Gasteiger partial charge in [0.25, 0.3) is 0 Å². The van der Waals surface area contributed by atoms with Crippen LogP contribution in [-0.2, 0) is 0 Å². The molecular formula is C19H22O2. The maximum absolute atomic E-state index is 5.91. The molecule has 0 amide bonds. The molecule has 2 aromatic carbocycles. The summed E-state index contributed by atoms with van der Waals surface area (Å²) in [6, 6.07) is 16.2. The van der Waals surface area contributed by atoms with Gasteiger partial charge in [-0.25, -0.2) is 0 Å². The molecule has 0 radical (unpaired) electrons. The Morgan fingerprint density at radius 3 is 2.48 bits per heavy atom. The van der Waals surface area contributed by atoms with Crippen molar-refractivity contribution in [3.8, 4) is 11.5 Å². The Balaban J connectivity index is 2.23. The molecule has 0 aliphatic heterocycles. The predicted octanol–water partition coefficient (Wildman–Crippen LogP) is 5.04. The Morgan fingerprint density at radius 1 is 0.952 bits per heavy atom. The molecule has 0 bridgehead atoms. The highest BCUT2D eigenvalue weighted by Crippen LogP contribution is 2.32. The smallest absolute Gasteiger partial charge is 0.168 e. The van der Waals surface area contributed by atoms with Gasteiger partial charge in [-0.3, -0.25) is 0 Å². The van der Waals surface area contributed by atoms with Gasteiger partial charge in [0.2, 0.25) is 0 Å². The van der Waals surface area contributed by atoms with E-state index in [0.717, 1.165) is 29.9 Å². The van der Waals surface area contributed by atoms with Crippen LogP contribution in [0.4, 0.5) is 0 Å². The molecule has 2 nitrogen and oxygen atoms in total. The van der Waals surface area contributed by atoms with Crippen LogP contribution in [0.1, 0.15) is 30.9 Å². The first kappa shape index (κ1) is 15.2. The second-order valence-corrected chi connectivity index (χ2v) is 4.82. The van der Waals surface area contributed by atoms with Crippen LogP contribution >= 0.6 is 0 Å². The fourth-order valence-electron chi connectivity index (χ4n) is 2.05. The monoisotopic (exact) mass is 282 g/mol. The zero-order chi connectivity index (χ0) is 14.9. The quantitative estimate of drug-likeness (QED) is 0.523. The Bertz CT molecular complexity index is 573. The molecule has 0 heterocycles. The lowest BCUT2D eigenvalue weighted by Crippen LogP contribution is -2.00. The molecule has 0 atom stereocenters. The van der Waals surface area contributed by atoms with Crippen LogP contribution in [0.25, 0.3) is 12.2 Å². The maximum atomic E-state index is 5.91. The van der Waals surface area contributed by atoms with Crippen molar-refractivity contribution in [2.75, 3.05) is 13.7 Å². The molecule has 0 saturated carbocycles. The third-order valence-corrected chi connectivity index (χ3v) is 3.23. The molecule has 2 aromatic rings. The summed E-state index contributed by atoms with van der Waals surface area (Å²) in [4.78, 5) is 0. The van der Waals surface area contributed by atoms with Crippen molar-refractivity contribution >= 4 is 12.2 Å². The van der Waals surface area contributed by atoms with Gasteiger partial charge >= 0.3 is 0 Å². The van der Waals surface area contributed by atoms with Crippen molar-refractivity contribution in [1.29, 1.82) is 0 Å². The maximum Gasteiger partial charge on any atom is 0.168 e. The molecule has 0 spiro atoms. The number of ether oxygens (including phenoxy) is 2. The van der Waals surface area contributed by atoms with Crippen molar-refractivity contribution in [3.63, 3.8) is 0 Å². The molecule has 0 N–H and O–H groups in total. The van der Waals surface area contributed by atoms with E-state index in [4.69, 9.17) is 9.47 Å². The Kier molecular flexibility index (Phi) is 5.89. The molecule has 110 valence electrons. The molecular weight excluding hydrogens is 260 g/mol. The minimum Gasteiger partial charge on any atom is -0.493 e. The number of rotatable bonds is 7. The van der Waals surface area contributed by atoms with Gasteiger partial charge in [-0.05, 0) is 18.1 Å². The first-order valence-corrected chi connectivity index (χ1v) is 7.38. The largest absolute Gasteiger partial charge is 0.493 e. The number of hydrogen-bond donors (Lipinski definition) is 0. The first-order valence-electron chi connectivity index (χ1n) is 7.38. The number of methoxy groups -OCH3 is 1. The standard InChI is InChI=1S/C19H22O2/c1-3-4-15-21-19-17(11-8-12-18(19)20-2)14-13-16-9-6-5-7-10-16/h5-14H,3-4,15H2,1-2H3/b14-13+. The van der Waals surface area contributed by atoms with Crippen molar-refractivity contribution in [2.24, 2.45) is 0 Å². The number of hydrogen-bond acceptors (Lipinski definition) is 2. The Labute approximate surface area is 127 Å². The van der Waals surface area contributed by atoms with E-state index in [1.165, 1.54) is 5.56 Å². The molecule has 0 saturated heterocycles. The van der Waals surface area contributed by atoms with E-state index in [2.05, 4.69) is 31.2 Å². The van der Waals surface area contributed by atoms with Gasteiger partial charge in [0.1, 0.15) is 0 Å². The predicted molar refractivity (Wildman–Crippen MR) is 88.8 cm³/mol. The van der Waals surface area contributed by atoms with Gasteiger partial charge in [0, 0.05) is 5.56 Å². The highest BCUT2D eigenvalue weighted by Gasteiger charge is 2.08. The lowest BCUT2D eigenvalue weighted by atomic mass is 10.1. The molecule has 0 aliphatic rings. The third kappa shape index (κ3) is 4.38. The van der Waals surface area contributed by atoms with E-state index >= 15 is 0 Å². The molecule has 2 heteroatoms. The Hall–Kier alpha value is -2.22. The van der Waals surface area contributed by atoms with Crippen LogP contribution in [-0.4, -0.2) is 13.7 Å². The number of unbranched alkanes of at least 4 members (excludes halogenated alkanes) is 1. The topological polar surface area (TPSA) is 18.5 Å².